The van der Waals surface area contributed by atoms with Crippen LogP contribution in [0.3, 0.4) is 0 Å². The van der Waals surface area contributed by atoms with Crippen molar-refractivity contribution in [2.24, 2.45) is 0 Å². The van der Waals surface area contributed by atoms with Gasteiger partial charge in [0.1, 0.15) is 11.4 Å². The molecular formula is C15H12N4O2. The fourth-order valence-corrected chi connectivity index (χ4v) is 1.94. The van der Waals surface area contributed by atoms with Crippen LogP contribution in [0.25, 0.3) is 10.9 Å². The number of pyridine rings is 1. The van der Waals surface area contributed by atoms with Crippen molar-refractivity contribution in [3.05, 3.63) is 66.1 Å². The molecule has 0 atom stereocenters. The van der Waals surface area contributed by atoms with E-state index in [0.717, 1.165) is 10.9 Å². The molecule has 0 saturated carbocycles. The molecule has 0 unspecified atom stereocenters. The van der Waals surface area contributed by atoms with Gasteiger partial charge in [0, 0.05) is 17.1 Å². The second kappa shape index (κ2) is 5.46. The van der Waals surface area contributed by atoms with Gasteiger partial charge in [-0.15, -0.1) is 0 Å². The zero-order chi connectivity index (χ0) is 14.7. The summed E-state index contributed by atoms with van der Waals surface area (Å²) < 4.78 is 0. The monoisotopic (exact) mass is 280 g/mol. The predicted molar refractivity (Wildman–Crippen MR) is 77.5 cm³/mol. The summed E-state index contributed by atoms with van der Waals surface area (Å²) in [4.78, 5) is 30.6. The summed E-state index contributed by atoms with van der Waals surface area (Å²) in [5.74, 6) is -0.893. The zero-order valence-corrected chi connectivity index (χ0v) is 11.0. The van der Waals surface area contributed by atoms with Gasteiger partial charge in [-0.3, -0.25) is 25.4 Å². The first-order valence-electron chi connectivity index (χ1n) is 6.33. The van der Waals surface area contributed by atoms with Crippen molar-refractivity contribution in [1.82, 2.24) is 20.8 Å². The summed E-state index contributed by atoms with van der Waals surface area (Å²) in [6.45, 7) is 0. The fraction of sp³-hybridized carbons (Fsp3) is 0. The van der Waals surface area contributed by atoms with Crippen LogP contribution in [0.5, 0.6) is 0 Å². The molecule has 104 valence electrons. The van der Waals surface area contributed by atoms with Crippen LogP contribution in [0, 0.1) is 0 Å². The van der Waals surface area contributed by atoms with Gasteiger partial charge in [-0.2, -0.15) is 0 Å². The highest BCUT2D eigenvalue weighted by Crippen LogP contribution is 2.14. The number of nitrogens with one attached hydrogen (secondary N) is 3. The smallest absolute Gasteiger partial charge is 0.288 e. The molecule has 0 saturated heterocycles. The van der Waals surface area contributed by atoms with Gasteiger partial charge in [-0.1, -0.05) is 24.3 Å². The summed E-state index contributed by atoms with van der Waals surface area (Å²) in [6.07, 6.45) is 1.51. The molecule has 3 N–H and O–H groups in total. The fourth-order valence-electron chi connectivity index (χ4n) is 1.94. The van der Waals surface area contributed by atoms with Gasteiger partial charge in [0.15, 0.2) is 0 Å². The number of nitrogens with zero attached hydrogens (tertiary/aromatic N) is 1. The highest BCUT2D eigenvalue weighted by molar-refractivity contribution is 6.00. The summed E-state index contributed by atoms with van der Waals surface area (Å²) in [5.41, 5.74) is 6.13. The van der Waals surface area contributed by atoms with E-state index in [4.69, 9.17) is 0 Å². The third-order valence-electron chi connectivity index (χ3n) is 2.96. The first kappa shape index (κ1) is 12.9. The maximum absolute atomic E-state index is 12.0. The minimum atomic E-state index is -0.472. The number of hydrazine groups is 1. The Balaban J connectivity index is 1.68. The quantitative estimate of drug-likeness (QED) is 0.624. The summed E-state index contributed by atoms with van der Waals surface area (Å²) in [6, 6.07) is 14.2. The van der Waals surface area contributed by atoms with Crippen molar-refractivity contribution in [2.45, 2.75) is 0 Å². The van der Waals surface area contributed by atoms with Crippen molar-refractivity contribution >= 4 is 22.7 Å². The molecule has 2 amide bonds. The lowest BCUT2D eigenvalue weighted by atomic mass is 10.2. The topological polar surface area (TPSA) is 86.9 Å². The average Bonchev–Trinajstić information content (AvgIpc) is 2.97. The van der Waals surface area contributed by atoms with E-state index >= 15 is 0 Å². The standard InChI is InChI=1S/C15H12N4O2/c20-14(12-7-3-4-8-16-12)18-19-15(21)13-9-10-5-1-2-6-11(10)17-13/h1-9,17H,(H,18,20)(H,19,21). The lowest BCUT2D eigenvalue weighted by molar-refractivity contribution is 0.0842. The van der Waals surface area contributed by atoms with E-state index < -0.39 is 11.8 Å². The van der Waals surface area contributed by atoms with Gasteiger partial charge in [0.05, 0.1) is 0 Å². The number of carbonyl (C=O) groups is 2. The van der Waals surface area contributed by atoms with E-state index in [1.54, 1.807) is 24.3 Å². The van der Waals surface area contributed by atoms with Gasteiger partial charge >= 0.3 is 0 Å². The Labute approximate surface area is 120 Å². The predicted octanol–water partition coefficient (Wildman–Crippen LogP) is 1.64. The number of aromatic amines is 1. The number of aromatic nitrogens is 2. The molecule has 0 aliphatic rings. The molecule has 21 heavy (non-hydrogen) atoms. The Hall–Kier alpha value is -3.15. The molecule has 2 aromatic heterocycles. The Morgan fingerprint density at radius 1 is 0.952 bits per heavy atom. The summed E-state index contributed by atoms with van der Waals surface area (Å²) in [7, 11) is 0. The van der Waals surface area contributed by atoms with Crippen LogP contribution >= 0.6 is 0 Å². The van der Waals surface area contributed by atoms with Crippen LogP contribution in [0.1, 0.15) is 21.0 Å². The Morgan fingerprint density at radius 3 is 2.48 bits per heavy atom. The largest absolute Gasteiger partial charge is 0.350 e. The minimum Gasteiger partial charge on any atom is -0.350 e. The number of hydrogen-bond donors (Lipinski definition) is 3. The Kier molecular flexibility index (Phi) is 3.34. The van der Waals surface area contributed by atoms with Crippen LogP contribution in [0.15, 0.2) is 54.7 Å². The van der Waals surface area contributed by atoms with Gasteiger partial charge in [0.25, 0.3) is 11.8 Å². The normalized spacial score (nSPS) is 10.3. The van der Waals surface area contributed by atoms with Crippen molar-refractivity contribution in [3.63, 3.8) is 0 Å². The maximum atomic E-state index is 12.0. The van der Waals surface area contributed by atoms with E-state index in [0.29, 0.717) is 5.69 Å². The molecule has 0 radical (unpaired) electrons. The van der Waals surface area contributed by atoms with E-state index in [2.05, 4.69) is 20.8 Å². The number of benzene rings is 1. The number of rotatable bonds is 2. The Morgan fingerprint density at radius 2 is 1.71 bits per heavy atom. The van der Waals surface area contributed by atoms with E-state index in [1.807, 2.05) is 24.3 Å². The zero-order valence-electron chi connectivity index (χ0n) is 11.0. The van der Waals surface area contributed by atoms with Crippen molar-refractivity contribution < 1.29 is 9.59 Å². The molecule has 6 heteroatoms. The van der Waals surface area contributed by atoms with Crippen LogP contribution in [0.4, 0.5) is 0 Å². The Bertz CT molecular complexity index is 763. The number of H-pyrrole nitrogens is 1. The number of para-hydroxylation sites is 1. The highest BCUT2D eigenvalue weighted by Gasteiger charge is 2.11. The molecule has 0 spiro atoms. The lowest BCUT2D eigenvalue weighted by Gasteiger charge is -2.05. The minimum absolute atomic E-state index is 0.231. The second-order valence-electron chi connectivity index (χ2n) is 4.39. The van der Waals surface area contributed by atoms with Gasteiger partial charge in [-0.25, -0.2) is 0 Å². The molecule has 0 aliphatic carbocycles. The molecule has 1 aromatic carbocycles. The van der Waals surface area contributed by atoms with Crippen molar-refractivity contribution in [2.75, 3.05) is 0 Å². The maximum Gasteiger partial charge on any atom is 0.288 e. The number of carbonyl (C=O) groups excluding carboxylic acids is 2. The number of fused-ring (bicyclic) bond motifs is 1. The molecule has 0 aliphatic heterocycles. The van der Waals surface area contributed by atoms with E-state index in [1.165, 1.54) is 6.20 Å². The molecule has 3 rings (SSSR count). The highest BCUT2D eigenvalue weighted by atomic mass is 16.2. The third-order valence-corrected chi connectivity index (χ3v) is 2.96. The summed E-state index contributed by atoms with van der Waals surface area (Å²) >= 11 is 0. The molecule has 3 aromatic rings. The summed E-state index contributed by atoms with van der Waals surface area (Å²) in [5, 5.41) is 0.929. The van der Waals surface area contributed by atoms with Crippen molar-refractivity contribution in [3.8, 4) is 0 Å². The van der Waals surface area contributed by atoms with E-state index in [9.17, 15) is 9.59 Å². The molecule has 0 bridgehead atoms. The number of amides is 2. The first-order chi connectivity index (χ1) is 10.2. The molecule has 0 fully saturated rings. The van der Waals surface area contributed by atoms with Crippen LogP contribution < -0.4 is 10.9 Å². The number of hydrogen-bond acceptors (Lipinski definition) is 3. The van der Waals surface area contributed by atoms with Gasteiger partial charge in [-0.05, 0) is 24.3 Å². The van der Waals surface area contributed by atoms with Crippen LogP contribution in [0.2, 0.25) is 0 Å². The molecule has 2 heterocycles. The molecular weight excluding hydrogens is 268 g/mol. The van der Waals surface area contributed by atoms with Gasteiger partial charge in [0.2, 0.25) is 0 Å². The van der Waals surface area contributed by atoms with Gasteiger partial charge < -0.3 is 4.98 Å². The second-order valence-corrected chi connectivity index (χ2v) is 4.39. The molecule has 6 nitrogen and oxygen atoms in total. The van der Waals surface area contributed by atoms with Crippen molar-refractivity contribution in [1.29, 1.82) is 0 Å². The third kappa shape index (κ3) is 2.74. The van der Waals surface area contributed by atoms with Crippen LogP contribution in [-0.4, -0.2) is 21.8 Å². The SMILES string of the molecule is O=C(NNC(=O)c1cc2ccccc2[nH]1)c1ccccn1. The van der Waals surface area contributed by atoms with Crippen LogP contribution in [-0.2, 0) is 0 Å². The average molecular weight is 280 g/mol. The first-order valence-corrected chi connectivity index (χ1v) is 6.33. The lowest BCUT2D eigenvalue weighted by Crippen LogP contribution is -2.42. The van der Waals surface area contributed by atoms with E-state index in [-0.39, 0.29) is 5.69 Å².